The quantitative estimate of drug-likeness (QED) is 0.411. The van der Waals surface area contributed by atoms with Crippen molar-refractivity contribution in [2.24, 2.45) is 0 Å². The molecule has 29 heavy (non-hydrogen) atoms. The molecule has 0 radical (unpaired) electrons. The molecule has 0 spiro atoms. The maximum Gasteiger partial charge on any atom is 0.266 e. The number of hydrogen-bond donors (Lipinski definition) is 1. The van der Waals surface area contributed by atoms with Crippen LogP contribution in [-0.2, 0) is 13.1 Å². The van der Waals surface area contributed by atoms with E-state index in [0.717, 1.165) is 11.1 Å². The van der Waals surface area contributed by atoms with Crippen LogP contribution in [0.3, 0.4) is 0 Å². The smallest absolute Gasteiger partial charge is 0.266 e. The molecular weight excluding hydrogens is 453 g/mol. The number of amides is 1. The molecule has 4 aromatic rings. The van der Waals surface area contributed by atoms with Gasteiger partial charge in [-0.3, -0.25) is 14.2 Å². The minimum atomic E-state index is -0.273. The molecule has 0 aliphatic carbocycles. The van der Waals surface area contributed by atoms with E-state index in [2.05, 4.69) is 15.5 Å². The predicted molar refractivity (Wildman–Crippen MR) is 116 cm³/mol. The second kappa shape index (κ2) is 8.59. The van der Waals surface area contributed by atoms with Crippen molar-refractivity contribution in [2.45, 2.75) is 13.1 Å². The highest BCUT2D eigenvalue weighted by molar-refractivity contribution is 7.12. The molecular formula is C19H14Cl3N5OS. The zero-order valence-corrected chi connectivity index (χ0v) is 17.9. The Labute approximate surface area is 185 Å². The lowest BCUT2D eigenvalue weighted by atomic mass is 10.2. The van der Waals surface area contributed by atoms with E-state index >= 15 is 0 Å². The van der Waals surface area contributed by atoms with E-state index in [1.807, 2.05) is 35.7 Å². The average Bonchev–Trinajstić information content (AvgIpc) is 3.39. The average molecular weight is 467 g/mol. The van der Waals surface area contributed by atoms with Crippen LogP contribution in [0.5, 0.6) is 0 Å². The standard InChI is InChI=1S/C19H14Cl3N5OS/c20-14-6-23-26(9-14)7-12-5-17(29-11-12)19(28)24-18-16(22)10-27(25-18)8-13-3-1-2-4-15(13)21/h1-6,9-11H,7-8H2,(H,24,25,28). The van der Waals surface area contributed by atoms with Gasteiger partial charge in [-0.2, -0.15) is 10.2 Å². The zero-order valence-electron chi connectivity index (χ0n) is 14.8. The first-order valence-electron chi connectivity index (χ1n) is 8.51. The topological polar surface area (TPSA) is 64.7 Å². The monoisotopic (exact) mass is 465 g/mol. The number of nitrogens with zero attached hydrogens (tertiary/aromatic N) is 4. The van der Waals surface area contributed by atoms with Crippen molar-refractivity contribution in [2.75, 3.05) is 5.32 Å². The first-order chi connectivity index (χ1) is 14.0. The van der Waals surface area contributed by atoms with E-state index < -0.39 is 0 Å². The molecule has 1 N–H and O–H groups in total. The third kappa shape index (κ3) is 4.82. The highest BCUT2D eigenvalue weighted by atomic mass is 35.5. The fraction of sp³-hybridized carbons (Fsp3) is 0.105. The Balaban J connectivity index is 1.43. The van der Waals surface area contributed by atoms with Gasteiger partial charge in [0.25, 0.3) is 5.91 Å². The molecule has 0 unspecified atom stereocenters. The minimum Gasteiger partial charge on any atom is -0.303 e. The van der Waals surface area contributed by atoms with Gasteiger partial charge >= 0.3 is 0 Å². The number of hydrogen-bond acceptors (Lipinski definition) is 4. The number of aromatic nitrogens is 4. The van der Waals surface area contributed by atoms with Gasteiger partial charge < -0.3 is 5.32 Å². The van der Waals surface area contributed by atoms with Gasteiger partial charge in [-0.25, -0.2) is 0 Å². The van der Waals surface area contributed by atoms with Gasteiger partial charge in [0.2, 0.25) is 0 Å². The van der Waals surface area contributed by atoms with Crippen molar-refractivity contribution in [1.29, 1.82) is 0 Å². The molecule has 0 saturated carbocycles. The number of nitrogens with one attached hydrogen (secondary N) is 1. The van der Waals surface area contributed by atoms with Gasteiger partial charge in [-0.05, 0) is 28.6 Å². The van der Waals surface area contributed by atoms with Crippen LogP contribution in [0.1, 0.15) is 20.8 Å². The SMILES string of the molecule is O=C(Nc1nn(Cc2ccccc2Cl)cc1Cl)c1cc(Cn2cc(Cl)cn2)cs1. The van der Waals surface area contributed by atoms with Gasteiger partial charge in [0.1, 0.15) is 5.02 Å². The summed E-state index contributed by atoms with van der Waals surface area (Å²) in [5.41, 5.74) is 1.86. The van der Waals surface area contributed by atoms with Gasteiger partial charge in [-0.15, -0.1) is 11.3 Å². The van der Waals surface area contributed by atoms with Gasteiger partial charge in [-0.1, -0.05) is 53.0 Å². The first-order valence-corrected chi connectivity index (χ1v) is 10.5. The Bertz CT molecular complexity index is 1170. The van der Waals surface area contributed by atoms with Crippen LogP contribution in [0, 0.1) is 0 Å². The lowest BCUT2D eigenvalue weighted by molar-refractivity contribution is 0.103. The number of halogens is 3. The van der Waals surface area contributed by atoms with E-state index in [9.17, 15) is 4.79 Å². The van der Waals surface area contributed by atoms with Crippen LogP contribution in [0.25, 0.3) is 0 Å². The number of anilines is 1. The lowest BCUT2D eigenvalue weighted by Crippen LogP contribution is -2.12. The van der Waals surface area contributed by atoms with Crippen molar-refractivity contribution in [1.82, 2.24) is 19.6 Å². The fourth-order valence-electron chi connectivity index (χ4n) is 2.72. The summed E-state index contributed by atoms with van der Waals surface area (Å²) in [4.78, 5) is 13.1. The molecule has 10 heteroatoms. The number of rotatable bonds is 6. The van der Waals surface area contributed by atoms with Gasteiger partial charge in [0, 0.05) is 17.4 Å². The van der Waals surface area contributed by atoms with Crippen LogP contribution in [-0.4, -0.2) is 25.5 Å². The maximum absolute atomic E-state index is 12.6. The number of benzene rings is 1. The third-order valence-corrected chi connectivity index (χ3v) is 5.88. The molecule has 0 bridgehead atoms. The van der Waals surface area contributed by atoms with E-state index in [1.54, 1.807) is 28.0 Å². The summed E-state index contributed by atoms with van der Waals surface area (Å²) >= 11 is 19.7. The summed E-state index contributed by atoms with van der Waals surface area (Å²) in [5.74, 6) is 0.0298. The van der Waals surface area contributed by atoms with E-state index in [-0.39, 0.29) is 5.91 Å². The molecule has 3 aromatic heterocycles. The van der Waals surface area contributed by atoms with Crippen LogP contribution in [0.15, 0.2) is 54.3 Å². The van der Waals surface area contributed by atoms with Crippen molar-refractivity contribution in [3.8, 4) is 0 Å². The van der Waals surface area contributed by atoms with Crippen molar-refractivity contribution in [3.63, 3.8) is 0 Å². The van der Waals surface area contributed by atoms with E-state index in [0.29, 0.717) is 38.9 Å². The third-order valence-electron chi connectivity index (χ3n) is 4.06. The second-order valence-electron chi connectivity index (χ2n) is 6.24. The summed E-state index contributed by atoms with van der Waals surface area (Å²) in [6.07, 6.45) is 4.95. The van der Waals surface area contributed by atoms with Crippen LogP contribution < -0.4 is 5.32 Å². The predicted octanol–water partition coefficient (Wildman–Crippen LogP) is 5.45. The Kier molecular flexibility index (Phi) is 5.91. The zero-order chi connectivity index (χ0) is 20.4. The summed E-state index contributed by atoms with van der Waals surface area (Å²) in [7, 11) is 0. The summed E-state index contributed by atoms with van der Waals surface area (Å²) in [5, 5.41) is 14.7. The number of carbonyl (C=O) groups is 1. The summed E-state index contributed by atoms with van der Waals surface area (Å²) < 4.78 is 3.35. The van der Waals surface area contributed by atoms with Crippen LogP contribution >= 0.6 is 46.1 Å². The molecule has 0 saturated heterocycles. The van der Waals surface area contributed by atoms with Crippen molar-refractivity contribution < 1.29 is 4.79 Å². The molecule has 0 aliphatic rings. The van der Waals surface area contributed by atoms with E-state index in [1.165, 1.54) is 11.3 Å². The van der Waals surface area contributed by atoms with Crippen LogP contribution in [0.2, 0.25) is 15.1 Å². The molecule has 4 rings (SSSR count). The Hall–Kier alpha value is -2.32. The van der Waals surface area contributed by atoms with Crippen molar-refractivity contribution in [3.05, 3.63) is 85.4 Å². The van der Waals surface area contributed by atoms with E-state index in [4.69, 9.17) is 34.8 Å². The van der Waals surface area contributed by atoms with Crippen LogP contribution in [0.4, 0.5) is 5.82 Å². The normalized spacial score (nSPS) is 11.0. The molecule has 0 aliphatic heterocycles. The number of carbonyl (C=O) groups excluding carboxylic acids is 1. The second-order valence-corrected chi connectivity index (χ2v) is 8.41. The first kappa shape index (κ1) is 20.0. The molecule has 1 amide bonds. The molecule has 148 valence electrons. The highest BCUT2D eigenvalue weighted by Crippen LogP contribution is 2.24. The van der Waals surface area contributed by atoms with Crippen molar-refractivity contribution >= 4 is 57.9 Å². The fourth-order valence-corrected chi connectivity index (χ4v) is 4.07. The Morgan fingerprint density at radius 2 is 1.90 bits per heavy atom. The Morgan fingerprint density at radius 3 is 2.66 bits per heavy atom. The lowest BCUT2D eigenvalue weighted by Gasteiger charge is -2.04. The minimum absolute atomic E-state index is 0.273. The molecule has 0 atom stereocenters. The molecule has 6 nitrogen and oxygen atoms in total. The molecule has 0 fully saturated rings. The van der Waals surface area contributed by atoms with Gasteiger partial charge in [0.15, 0.2) is 5.82 Å². The molecule has 3 heterocycles. The maximum atomic E-state index is 12.6. The highest BCUT2D eigenvalue weighted by Gasteiger charge is 2.15. The largest absolute Gasteiger partial charge is 0.303 e. The number of thiophene rings is 1. The molecule has 1 aromatic carbocycles. The summed E-state index contributed by atoms with van der Waals surface area (Å²) in [6, 6.07) is 9.31. The Morgan fingerprint density at radius 1 is 1.07 bits per heavy atom. The van der Waals surface area contributed by atoms with Gasteiger partial charge in [0.05, 0.1) is 29.2 Å². The summed E-state index contributed by atoms with van der Waals surface area (Å²) in [6.45, 7) is 0.981.